The van der Waals surface area contributed by atoms with Crippen LogP contribution in [0.25, 0.3) is 0 Å². The molecule has 0 radical (unpaired) electrons. The van der Waals surface area contributed by atoms with Gasteiger partial charge in [0.15, 0.2) is 0 Å². The molecule has 6 heteroatoms. The van der Waals surface area contributed by atoms with Gasteiger partial charge < -0.3 is 15.5 Å². The first kappa shape index (κ1) is 13.9. The maximum absolute atomic E-state index is 11.6. The maximum Gasteiger partial charge on any atom is 0.236 e. The van der Waals surface area contributed by atoms with E-state index in [0.717, 1.165) is 26.1 Å². The fraction of sp³-hybridized carbons (Fsp3) is 0.818. The summed E-state index contributed by atoms with van der Waals surface area (Å²) in [5.74, 6) is 0.0920. The summed E-state index contributed by atoms with van der Waals surface area (Å²) in [6.07, 6.45) is 0.895. The number of amides is 2. The lowest BCUT2D eigenvalue weighted by atomic mass is 10.3. The van der Waals surface area contributed by atoms with Gasteiger partial charge in [0, 0.05) is 40.3 Å². The Bertz CT molecular complexity index is 281. The predicted molar refractivity (Wildman–Crippen MR) is 65.4 cm³/mol. The minimum Gasteiger partial charge on any atom is -0.348 e. The van der Waals surface area contributed by atoms with E-state index in [4.69, 9.17) is 5.73 Å². The Morgan fingerprint density at radius 1 is 1.18 bits per heavy atom. The van der Waals surface area contributed by atoms with Gasteiger partial charge in [0.25, 0.3) is 0 Å². The molecule has 6 nitrogen and oxygen atoms in total. The van der Waals surface area contributed by atoms with Gasteiger partial charge in [-0.1, -0.05) is 0 Å². The Kier molecular flexibility index (Phi) is 5.37. The lowest BCUT2D eigenvalue weighted by Crippen LogP contribution is -2.41. The molecule has 0 aromatic heterocycles. The molecule has 17 heavy (non-hydrogen) atoms. The summed E-state index contributed by atoms with van der Waals surface area (Å²) < 4.78 is 0. The summed E-state index contributed by atoms with van der Waals surface area (Å²) in [6, 6.07) is 0. The van der Waals surface area contributed by atoms with Crippen LogP contribution >= 0.6 is 0 Å². The molecule has 0 bridgehead atoms. The third-order valence-electron chi connectivity index (χ3n) is 2.97. The monoisotopic (exact) mass is 242 g/mol. The van der Waals surface area contributed by atoms with Crippen LogP contribution in [0.4, 0.5) is 0 Å². The zero-order valence-corrected chi connectivity index (χ0v) is 10.7. The summed E-state index contributed by atoms with van der Waals surface area (Å²) in [4.78, 5) is 28.5. The van der Waals surface area contributed by atoms with Crippen LogP contribution in [-0.4, -0.2) is 79.9 Å². The Morgan fingerprint density at radius 2 is 1.88 bits per heavy atom. The number of rotatable bonds is 3. The van der Waals surface area contributed by atoms with E-state index in [1.54, 1.807) is 23.9 Å². The molecule has 0 saturated carbocycles. The van der Waals surface area contributed by atoms with Crippen LogP contribution in [0.5, 0.6) is 0 Å². The van der Waals surface area contributed by atoms with E-state index in [1.807, 2.05) is 0 Å². The van der Waals surface area contributed by atoms with Crippen molar-refractivity contribution < 1.29 is 9.59 Å². The fourth-order valence-electron chi connectivity index (χ4n) is 1.84. The van der Waals surface area contributed by atoms with Gasteiger partial charge in [0.05, 0.1) is 13.1 Å². The minimum absolute atomic E-state index is 0.00853. The molecule has 98 valence electrons. The Hall–Kier alpha value is -1.14. The predicted octanol–water partition coefficient (Wildman–Crippen LogP) is -1.43. The molecule has 1 rings (SSSR count). The van der Waals surface area contributed by atoms with Crippen molar-refractivity contribution in [1.29, 1.82) is 0 Å². The van der Waals surface area contributed by atoms with Crippen LogP contribution in [-0.2, 0) is 9.59 Å². The van der Waals surface area contributed by atoms with Crippen molar-refractivity contribution in [1.82, 2.24) is 14.7 Å². The van der Waals surface area contributed by atoms with E-state index in [2.05, 4.69) is 4.90 Å². The van der Waals surface area contributed by atoms with Crippen LogP contribution in [0, 0.1) is 0 Å². The number of hydrogen-bond acceptors (Lipinski definition) is 4. The lowest BCUT2D eigenvalue weighted by molar-refractivity contribution is -0.129. The van der Waals surface area contributed by atoms with Gasteiger partial charge in [-0.05, 0) is 6.42 Å². The van der Waals surface area contributed by atoms with Crippen molar-refractivity contribution in [2.45, 2.75) is 6.42 Å². The minimum atomic E-state index is -0.00853. The number of likely N-dealkylation sites (N-methyl/N-ethyl adjacent to an activating group) is 1. The van der Waals surface area contributed by atoms with Gasteiger partial charge in [0.2, 0.25) is 11.8 Å². The molecule has 2 amide bonds. The molecule has 0 spiro atoms. The van der Waals surface area contributed by atoms with Crippen molar-refractivity contribution in [2.24, 2.45) is 5.73 Å². The van der Waals surface area contributed by atoms with Gasteiger partial charge in [0.1, 0.15) is 0 Å². The van der Waals surface area contributed by atoms with E-state index in [1.165, 1.54) is 0 Å². The van der Waals surface area contributed by atoms with Crippen molar-refractivity contribution in [3.8, 4) is 0 Å². The summed E-state index contributed by atoms with van der Waals surface area (Å²) in [5, 5.41) is 0. The van der Waals surface area contributed by atoms with Gasteiger partial charge in [-0.25, -0.2) is 0 Å². The summed E-state index contributed by atoms with van der Waals surface area (Å²) in [5.41, 5.74) is 5.34. The van der Waals surface area contributed by atoms with Crippen LogP contribution in [0.2, 0.25) is 0 Å². The number of nitrogens with two attached hydrogens (primary N) is 1. The second-order valence-electron chi connectivity index (χ2n) is 4.50. The van der Waals surface area contributed by atoms with Crippen LogP contribution in [0.15, 0.2) is 0 Å². The summed E-state index contributed by atoms with van der Waals surface area (Å²) in [7, 11) is 3.51. The highest BCUT2D eigenvalue weighted by molar-refractivity contribution is 5.78. The molecule has 0 aliphatic carbocycles. The van der Waals surface area contributed by atoms with Crippen molar-refractivity contribution in [3.05, 3.63) is 0 Å². The van der Waals surface area contributed by atoms with E-state index in [9.17, 15) is 9.59 Å². The number of nitrogens with zero attached hydrogens (tertiary/aromatic N) is 3. The van der Waals surface area contributed by atoms with E-state index in [0.29, 0.717) is 13.1 Å². The fourth-order valence-corrected chi connectivity index (χ4v) is 1.84. The SMILES string of the molecule is CN(C)C(=O)CN1CCCN(C(=O)CN)CC1. The first-order valence-corrected chi connectivity index (χ1v) is 5.95. The van der Waals surface area contributed by atoms with E-state index < -0.39 is 0 Å². The van der Waals surface area contributed by atoms with Crippen molar-refractivity contribution in [2.75, 3.05) is 53.4 Å². The number of carbonyl (C=O) groups is 2. The molecular formula is C11H22N4O2. The average molecular weight is 242 g/mol. The molecule has 1 aliphatic heterocycles. The van der Waals surface area contributed by atoms with Gasteiger partial charge in [-0.3, -0.25) is 14.5 Å². The average Bonchev–Trinajstić information content (AvgIpc) is 2.53. The topological polar surface area (TPSA) is 69.9 Å². The van der Waals surface area contributed by atoms with E-state index >= 15 is 0 Å². The van der Waals surface area contributed by atoms with Gasteiger partial charge >= 0.3 is 0 Å². The molecule has 1 saturated heterocycles. The molecule has 1 aliphatic rings. The van der Waals surface area contributed by atoms with Crippen LogP contribution in [0.3, 0.4) is 0 Å². The molecule has 0 aromatic rings. The van der Waals surface area contributed by atoms with E-state index in [-0.39, 0.29) is 18.4 Å². The normalized spacial score (nSPS) is 17.7. The quantitative estimate of drug-likeness (QED) is 0.658. The van der Waals surface area contributed by atoms with Crippen molar-refractivity contribution in [3.63, 3.8) is 0 Å². The highest BCUT2D eigenvalue weighted by atomic mass is 16.2. The lowest BCUT2D eigenvalue weighted by Gasteiger charge is -2.22. The number of carbonyl (C=O) groups excluding carboxylic acids is 2. The first-order chi connectivity index (χ1) is 8.04. The zero-order valence-electron chi connectivity index (χ0n) is 10.7. The molecule has 0 unspecified atom stereocenters. The third kappa shape index (κ3) is 4.32. The molecule has 1 fully saturated rings. The highest BCUT2D eigenvalue weighted by Gasteiger charge is 2.19. The smallest absolute Gasteiger partial charge is 0.236 e. The second-order valence-corrected chi connectivity index (χ2v) is 4.50. The summed E-state index contributed by atoms with van der Waals surface area (Å²) >= 11 is 0. The molecule has 2 N–H and O–H groups in total. The van der Waals surface area contributed by atoms with Crippen molar-refractivity contribution >= 4 is 11.8 Å². The van der Waals surface area contributed by atoms with Crippen LogP contribution in [0.1, 0.15) is 6.42 Å². The second kappa shape index (κ2) is 6.56. The molecule has 0 atom stereocenters. The standard InChI is InChI=1S/C11H22N4O2/c1-13(2)11(17)9-14-4-3-5-15(7-6-14)10(16)8-12/h3-9,12H2,1-2H3. The molecular weight excluding hydrogens is 220 g/mol. The largest absolute Gasteiger partial charge is 0.348 e. The van der Waals surface area contributed by atoms with Gasteiger partial charge in [-0.2, -0.15) is 0 Å². The zero-order chi connectivity index (χ0) is 12.8. The Morgan fingerprint density at radius 3 is 2.47 bits per heavy atom. The molecule has 0 aromatic carbocycles. The Labute approximate surface area is 102 Å². The molecule has 1 heterocycles. The Balaban J connectivity index is 2.42. The third-order valence-corrected chi connectivity index (χ3v) is 2.97. The van der Waals surface area contributed by atoms with Gasteiger partial charge in [-0.15, -0.1) is 0 Å². The first-order valence-electron chi connectivity index (χ1n) is 5.95. The van der Waals surface area contributed by atoms with Crippen LogP contribution < -0.4 is 5.73 Å². The highest BCUT2D eigenvalue weighted by Crippen LogP contribution is 2.03. The number of hydrogen-bond donors (Lipinski definition) is 1. The maximum atomic E-state index is 11.6. The summed E-state index contributed by atoms with van der Waals surface area (Å²) in [6.45, 7) is 3.49.